The van der Waals surface area contributed by atoms with Gasteiger partial charge in [0.05, 0.1) is 6.21 Å². The summed E-state index contributed by atoms with van der Waals surface area (Å²) in [5, 5.41) is 3.58. The van der Waals surface area contributed by atoms with Gasteiger partial charge in [0.1, 0.15) is 4.34 Å². The first-order chi connectivity index (χ1) is 6.09. The van der Waals surface area contributed by atoms with Crippen molar-refractivity contribution < 1.29 is 4.79 Å². The zero-order valence-corrected chi connectivity index (χ0v) is 9.41. The molecule has 0 unspecified atom stereocenters. The van der Waals surface area contributed by atoms with Gasteiger partial charge in [0, 0.05) is 9.35 Å². The van der Waals surface area contributed by atoms with Gasteiger partial charge in [-0.3, -0.25) is 0 Å². The highest BCUT2D eigenvalue weighted by Gasteiger charge is 2.01. The number of thiophene rings is 1. The molecule has 1 aromatic rings. The first-order valence-corrected chi connectivity index (χ1v) is 5.11. The summed E-state index contributed by atoms with van der Waals surface area (Å²) >= 11 is 10.4. The number of carbonyl (C=O) groups excluding carboxylic acids is 1. The van der Waals surface area contributed by atoms with Crippen molar-refractivity contribution >= 4 is 51.1 Å². The lowest BCUT2D eigenvalue weighted by Crippen LogP contribution is -2.24. The summed E-state index contributed by atoms with van der Waals surface area (Å²) < 4.78 is 1.44. The Morgan fingerprint density at radius 2 is 2.54 bits per heavy atom. The summed E-state index contributed by atoms with van der Waals surface area (Å²) in [6, 6.07) is 1.09. The first-order valence-electron chi connectivity index (χ1n) is 3.13. The van der Waals surface area contributed by atoms with Crippen LogP contribution in [0, 0.1) is 0 Å². The van der Waals surface area contributed by atoms with Gasteiger partial charge in [0.2, 0.25) is 0 Å². The number of primary amides is 1. The number of carbonyl (C=O) groups is 1. The number of nitrogens with two attached hydrogens (primary N) is 1. The Bertz CT molecular complexity index is 332. The molecule has 0 bridgehead atoms. The molecule has 0 aliphatic heterocycles. The van der Waals surface area contributed by atoms with Crippen molar-refractivity contribution in [3.8, 4) is 0 Å². The Hall–Kier alpha value is -0.590. The smallest absolute Gasteiger partial charge is 0.332 e. The van der Waals surface area contributed by atoms with E-state index in [1.54, 1.807) is 6.07 Å². The molecule has 70 valence electrons. The number of hydrazone groups is 1. The van der Waals surface area contributed by atoms with Crippen molar-refractivity contribution in [1.29, 1.82) is 0 Å². The van der Waals surface area contributed by atoms with E-state index in [1.165, 1.54) is 17.6 Å². The minimum absolute atomic E-state index is 0.639. The Balaban J connectivity index is 2.64. The van der Waals surface area contributed by atoms with Crippen molar-refractivity contribution in [1.82, 2.24) is 5.43 Å². The van der Waals surface area contributed by atoms with Crippen LogP contribution in [0.2, 0.25) is 4.34 Å². The molecule has 1 aromatic heterocycles. The summed E-state index contributed by atoms with van der Waals surface area (Å²) in [6.07, 6.45) is 1.46. The molecule has 0 saturated carbocycles. The molecule has 0 saturated heterocycles. The van der Waals surface area contributed by atoms with Gasteiger partial charge in [-0.25, -0.2) is 10.2 Å². The summed E-state index contributed by atoms with van der Waals surface area (Å²) in [4.78, 5) is 11.1. The second-order valence-electron chi connectivity index (χ2n) is 2.00. The monoisotopic (exact) mass is 281 g/mol. The topological polar surface area (TPSA) is 67.5 Å². The minimum Gasteiger partial charge on any atom is -0.350 e. The molecule has 0 aliphatic carbocycles. The van der Waals surface area contributed by atoms with Gasteiger partial charge < -0.3 is 5.73 Å². The highest BCUT2D eigenvalue weighted by molar-refractivity contribution is 9.10. The number of nitrogens with one attached hydrogen (secondary N) is 1. The third-order valence-corrected chi connectivity index (χ3v) is 3.44. The van der Waals surface area contributed by atoms with Crippen LogP contribution in [-0.4, -0.2) is 12.2 Å². The molecular formula is C6H5BrClN3OS. The fraction of sp³-hybridized carbons (Fsp3) is 0. The molecule has 1 rings (SSSR count). The Morgan fingerprint density at radius 1 is 1.85 bits per heavy atom. The molecule has 2 amide bonds. The summed E-state index contributed by atoms with van der Waals surface area (Å²) in [7, 11) is 0. The zero-order chi connectivity index (χ0) is 9.84. The number of hydrogen-bond donors (Lipinski definition) is 2. The number of nitrogens with zero attached hydrogens (tertiary/aromatic N) is 1. The van der Waals surface area contributed by atoms with Crippen molar-refractivity contribution in [3.05, 3.63) is 19.8 Å². The van der Waals surface area contributed by atoms with E-state index >= 15 is 0 Å². The number of urea groups is 1. The van der Waals surface area contributed by atoms with Gasteiger partial charge >= 0.3 is 6.03 Å². The predicted octanol–water partition coefficient (Wildman–Crippen LogP) is 2.17. The predicted molar refractivity (Wildman–Crippen MR) is 57.3 cm³/mol. The molecule has 4 nitrogen and oxygen atoms in total. The van der Waals surface area contributed by atoms with E-state index in [2.05, 4.69) is 26.5 Å². The summed E-state index contributed by atoms with van der Waals surface area (Å²) in [5.41, 5.74) is 6.88. The minimum atomic E-state index is -0.696. The lowest BCUT2D eigenvalue weighted by molar-refractivity contribution is 0.249. The molecule has 0 spiro atoms. The maximum atomic E-state index is 10.2. The second-order valence-corrected chi connectivity index (χ2v) is 4.54. The highest BCUT2D eigenvalue weighted by Crippen LogP contribution is 2.30. The van der Waals surface area contributed by atoms with Crippen LogP contribution < -0.4 is 11.2 Å². The normalized spacial score (nSPS) is 10.6. The van der Waals surface area contributed by atoms with Crippen LogP contribution in [0.1, 0.15) is 4.88 Å². The van der Waals surface area contributed by atoms with E-state index in [9.17, 15) is 4.79 Å². The van der Waals surface area contributed by atoms with E-state index in [4.69, 9.17) is 17.3 Å². The molecule has 1 heterocycles. The Labute approximate surface area is 91.9 Å². The van der Waals surface area contributed by atoms with Crippen molar-refractivity contribution in [2.24, 2.45) is 10.8 Å². The number of halogens is 2. The van der Waals surface area contributed by atoms with Crippen LogP contribution in [0.4, 0.5) is 4.79 Å². The standard InChI is InChI=1S/C6H5BrClN3OS/c7-4-1-3(13-5(4)8)2-10-11-6(9)12/h1-2H,(H3,9,11,12). The van der Waals surface area contributed by atoms with Gasteiger partial charge in [-0.2, -0.15) is 5.10 Å². The van der Waals surface area contributed by atoms with Gasteiger partial charge in [0.25, 0.3) is 0 Å². The quantitative estimate of drug-likeness (QED) is 0.633. The zero-order valence-electron chi connectivity index (χ0n) is 6.25. The van der Waals surface area contributed by atoms with E-state index < -0.39 is 6.03 Å². The molecule has 3 N–H and O–H groups in total. The number of amides is 2. The molecule has 0 aromatic carbocycles. The molecule has 0 radical (unpaired) electrons. The molecule has 0 fully saturated rings. The lowest BCUT2D eigenvalue weighted by Gasteiger charge is -1.87. The van der Waals surface area contributed by atoms with Crippen molar-refractivity contribution in [2.45, 2.75) is 0 Å². The Morgan fingerprint density at radius 3 is 3.00 bits per heavy atom. The van der Waals surface area contributed by atoms with Crippen molar-refractivity contribution in [2.75, 3.05) is 0 Å². The third-order valence-electron chi connectivity index (χ3n) is 1.03. The average Bonchev–Trinajstić information content (AvgIpc) is 2.30. The lowest BCUT2D eigenvalue weighted by atomic mass is 10.5. The second kappa shape index (κ2) is 4.59. The van der Waals surface area contributed by atoms with E-state index in [0.29, 0.717) is 4.34 Å². The first kappa shape index (κ1) is 10.5. The summed E-state index contributed by atoms with van der Waals surface area (Å²) in [5.74, 6) is 0. The largest absolute Gasteiger partial charge is 0.350 e. The number of hydrogen-bond acceptors (Lipinski definition) is 3. The molecule has 7 heteroatoms. The maximum absolute atomic E-state index is 10.2. The third kappa shape index (κ3) is 3.33. The molecule has 13 heavy (non-hydrogen) atoms. The van der Waals surface area contributed by atoms with Crippen LogP contribution in [0.15, 0.2) is 15.6 Å². The maximum Gasteiger partial charge on any atom is 0.332 e. The van der Waals surface area contributed by atoms with Gasteiger partial charge in [0.15, 0.2) is 0 Å². The van der Waals surface area contributed by atoms with Gasteiger partial charge in [-0.05, 0) is 22.0 Å². The average molecular weight is 283 g/mol. The molecule has 0 aliphatic rings. The van der Waals surface area contributed by atoms with E-state index in [-0.39, 0.29) is 0 Å². The van der Waals surface area contributed by atoms with Crippen LogP contribution >= 0.6 is 38.9 Å². The van der Waals surface area contributed by atoms with Crippen LogP contribution in [0.25, 0.3) is 0 Å². The molecular weight excluding hydrogens is 278 g/mol. The summed E-state index contributed by atoms with van der Waals surface area (Å²) in [6.45, 7) is 0. The number of rotatable bonds is 2. The fourth-order valence-corrected chi connectivity index (χ4v) is 2.19. The van der Waals surface area contributed by atoms with Crippen molar-refractivity contribution in [3.63, 3.8) is 0 Å². The SMILES string of the molecule is NC(=O)NN=Cc1cc(Br)c(Cl)s1. The fourth-order valence-electron chi connectivity index (χ4n) is 0.586. The van der Waals surface area contributed by atoms with Gasteiger partial charge in [-0.1, -0.05) is 11.6 Å². The van der Waals surface area contributed by atoms with E-state index in [0.717, 1.165) is 9.35 Å². The molecule has 0 atom stereocenters. The Kier molecular flexibility index (Phi) is 3.71. The van der Waals surface area contributed by atoms with Crippen LogP contribution in [0.3, 0.4) is 0 Å². The van der Waals surface area contributed by atoms with Gasteiger partial charge in [-0.15, -0.1) is 11.3 Å². The van der Waals surface area contributed by atoms with Crippen LogP contribution in [0.5, 0.6) is 0 Å². The van der Waals surface area contributed by atoms with Crippen LogP contribution in [-0.2, 0) is 0 Å². The highest BCUT2D eigenvalue weighted by atomic mass is 79.9. The van der Waals surface area contributed by atoms with E-state index in [1.807, 2.05) is 0 Å².